The lowest BCUT2D eigenvalue weighted by Gasteiger charge is -2.15. The number of amides is 3. The van der Waals surface area contributed by atoms with Gasteiger partial charge in [-0.05, 0) is 36.8 Å². The number of ether oxygens (including phenoxy) is 1. The molecule has 0 aliphatic carbocycles. The van der Waals surface area contributed by atoms with Gasteiger partial charge in [0, 0.05) is 18.5 Å². The first-order chi connectivity index (χ1) is 11.6. The highest BCUT2D eigenvalue weighted by Crippen LogP contribution is 2.16. The van der Waals surface area contributed by atoms with Gasteiger partial charge in [0.15, 0.2) is 0 Å². The number of carbonyl (C=O) groups excluding carboxylic acids is 2. The molecule has 1 unspecified atom stereocenters. The Kier molecular flexibility index (Phi) is 6.33. The lowest BCUT2D eigenvalue weighted by Crippen LogP contribution is -2.29. The summed E-state index contributed by atoms with van der Waals surface area (Å²) in [4.78, 5) is 23.4. The Hall–Kier alpha value is -2.86. The first kappa shape index (κ1) is 17.5. The predicted molar refractivity (Wildman–Crippen MR) is 94.0 cm³/mol. The molecule has 0 saturated heterocycles. The number of rotatable bonds is 6. The van der Waals surface area contributed by atoms with Gasteiger partial charge < -0.3 is 20.7 Å². The number of nitrogens with one attached hydrogen (secondary N) is 3. The predicted octanol–water partition coefficient (Wildman–Crippen LogP) is 3.15. The highest BCUT2D eigenvalue weighted by molar-refractivity contribution is 5.99. The molecule has 126 valence electrons. The molecule has 1 atom stereocenters. The molecule has 6 heteroatoms. The molecule has 24 heavy (non-hydrogen) atoms. The van der Waals surface area contributed by atoms with Crippen molar-refractivity contribution in [1.29, 1.82) is 0 Å². The van der Waals surface area contributed by atoms with Gasteiger partial charge in [0.1, 0.15) is 6.61 Å². The maximum Gasteiger partial charge on any atom is 0.323 e. The largest absolute Gasteiger partial charge is 0.375 e. The summed E-state index contributed by atoms with van der Waals surface area (Å²) in [6.07, 6.45) is 0. The third kappa shape index (κ3) is 5.40. The molecule has 0 heterocycles. The van der Waals surface area contributed by atoms with Crippen LogP contribution in [0.3, 0.4) is 0 Å². The van der Waals surface area contributed by atoms with Crippen molar-refractivity contribution >= 4 is 23.3 Å². The molecule has 0 aliphatic rings. The van der Waals surface area contributed by atoms with E-state index in [1.54, 1.807) is 12.1 Å². The summed E-state index contributed by atoms with van der Waals surface area (Å²) < 4.78 is 4.79. The summed E-state index contributed by atoms with van der Waals surface area (Å²) in [5, 5.41) is 8.33. The van der Waals surface area contributed by atoms with Gasteiger partial charge in [0.2, 0.25) is 5.91 Å². The topological polar surface area (TPSA) is 79.5 Å². The van der Waals surface area contributed by atoms with E-state index < -0.39 is 0 Å². The Morgan fingerprint density at radius 1 is 0.958 bits per heavy atom. The number of benzene rings is 2. The molecule has 0 fully saturated rings. The molecule has 3 N–H and O–H groups in total. The second kappa shape index (κ2) is 8.69. The summed E-state index contributed by atoms with van der Waals surface area (Å²) in [7, 11) is 1.48. The second-order valence-electron chi connectivity index (χ2n) is 5.29. The molecule has 2 rings (SSSR count). The molecule has 2 aromatic rings. The molecular formula is C18H21N3O3. The molecule has 0 radical (unpaired) electrons. The van der Waals surface area contributed by atoms with Crippen LogP contribution in [0.4, 0.5) is 16.2 Å². The monoisotopic (exact) mass is 327 g/mol. The maximum atomic E-state index is 11.9. The zero-order valence-corrected chi connectivity index (χ0v) is 13.7. The van der Waals surface area contributed by atoms with Crippen LogP contribution in [-0.4, -0.2) is 25.7 Å². The molecule has 6 nitrogen and oxygen atoms in total. The van der Waals surface area contributed by atoms with E-state index >= 15 is 0 Å². The molecule has 3 amide bonds. The highest BCUT2D eigenvalue weighted by Gasteiger charge is 2.09. The molecule has 0 spiro atoms. The fourth-order valence-electron chi connectivity index (χ4n) is 2.17. The van der Waals surface area contributed by atoms with Crippen LogP contribution in [0.2, 0.25) is 0 Å². The van der Waals surface area contributed by atoms with Crippen molar-refractivity contribution in [2.75, 3.05) is 24.4 Å². The number of para-hydroxylation sites is 1. The van der Waals surface area contributed by atoms with E-state index in [9.17, 15) is 9.59 Å². The number of hydrogen-bond acceptors (Lipinski definition) is 3. The van der Waals surface area contributed by atoms with Gasteiger partial charge in [-0.25, -0.2) is 4.79 Å². The van der Waals surface area contributed by atoms with E-state index in [-0.39, 0.29) is 24.6 Å². The maximum absolute atomic E-state index is 11.9. The van der Waals surface area contributed by atoms with Crippen molar-refractivity contribution in [3.8, 4) is 0 Å². The van der Waals surface area contributed by atoms with E-state index in [0.717, 1.165) is 11.3 Å². The van der Waals surface area contributed by atoms with Crippen LogP contribution in [0.1, 0.15) is 18.5 Å². The first-order valence-electron chi connectivity index (χ1n) is 7.60. The van der Waals surface area contributed by atoms with Crippen molar-refractivity contribution in [3.05, 3.63) is 60.2 Å². The number of carbonyl (C=O) groups is 2. The van der Waals surface area contributed by atoms with E-state index in [2.05, 4.69) is 16.0 Å². The summed E-state index contributed by atoms with van der Waals surface area (Å²) in [6, 6.07) is 16.1. The van der Waals surface area contributed by atoms with Crippen molar-refractivity contribution in [2.45, 2.75) is 13.0 Å². The van der Waals surface area contributed by atoms with Crippen molar-refractivity contribution in [2.24, 2.45) is 0 Å². The molecular weight excluding hydrogens is 306 g/mol. The third-order valence-corrected chi connectivity index (χ3v) is 3.35. The number of hydrogen-bond donors (Lipinski definition) is 3. The Labute approximate surface area is 141 Å². The number of urea groups is 1. The molecule has 2 aromatic carbocycles. The normalized spacial score (nSPS) is 11.4. The Morgan fingerprint density at radius 2 is 1.54 bits per heavy atom. The zero-order valence-electron chi connectivity index (χ0n) is 13.7. The Bertz CT molecular complexity index is 672. The van der Waals surface area contributed by atoms with Crippen LogP contribution < -0.4 is 16.0 Å². The van der Waals surface area contributed by atoms with Crippen LogP contribution in [-0.2, 0) is 9.53 Å². The Balaban J connectivity index is 1.89. The van der Waals surface area contributed by atoms with Gasteiger partial charge in [-0.3, -0.25) is 4.79 Å². The molecule has 0 aliphatic heterocycles. The fraction of sp³-hybridized carbons (Fsp3) is 0.222. The lowest BCUT2D eigenvalue weighted by atomic mass is 10.1. The third-order valence-electron chi connectivity index (χ3n) is 3.35. The van der Waals surface area contributed by atoms with Gasteiger partial charge in [0.25, 0.3) is 0 Å². The Morgan fingerprint density at radius 3 is 2.12 bits per heavy atom. The SMILES string of the molecule is COCC(=O)NC(C)c1ccc(NC(=O)Nc2ccccc2)cc1. The van der Waals surface area contributed by atoms with Crippen LogP contribution in [0.25, 0.3) is 0 Å². The van der Waals surface area contributed by atoms with Crippen LogP contribution in [0, 0.1) is 0 Å². The van der Waals surface area contributed by atoms with Crippen molar-refractivity contribution < 1.29 is 14.3 Å². The molecule has 0 saturated carbocycles. The van der Waals surface area contributed by atoms with Crippen LogP contribution >= 0.6 is 0 Å². The minimum absolute atomic E-state index is 0.0314. The summed E-state index contributed by atoms with van der Waals surface area (Å²) >= 11 is 0. The summed E-state index contributed by atoms with van der Waals surface area (Å²) in [5.74, 6) is -0.172. The van der Waals surface area contributed by atoms with Gasteiger partial charge in [0.05, 0.1) is 6.04 Å². The number of methoxy groups -OCH3 is 1. The van der Waals surface area contributed by atoms with E-state index in [1.165, 1.54) is 7.11 Å². The standard InChI is InChI=1S/C18H21N3O3/c1-13(19-17(22)12-24-2)14-8-10-16(11-9-14)21-18(23)20-15-6-4-3-5-7-15/h3-11,13H,12H2,1-2H3,(H,19,22)(H2,20,21,23). The fourth-order valence-corrected chi connectivity index (χ4v) is 2.17. The second-order valence-corrected chi connectivity index (χ2v) is 5.29. The van der Waals surface area contributed by atoms with Gasteiger partial charge in [-0.15, -0.1) is 0 Å². The summed E-state index contributed by atoms with van der Waals surface area (Å²) in [6.45, 7) is 1.92. The average Bonchev–Trinajstić information content (AvgIpc) is 2.56. The van der Waals surface area contributed by atoms with Crippen molar-refractivity contribution in [1.82, 2.24) is 5.32 Å². The lowest BCUT2D eigenvalue weighted by molar-refractivity contribution is -0.125. The minimum atomic E-state index is -0.310. The van der Waals surface area contributed by atoms with E-state index in [1.807, 2.05) is 49.4 Å². The van der Waals surface area contributed by atoms with Gasteiger partial charge in [-0.1, -0.05) is 30.3 Å². The minimum Gasteiger partial charge on any atom is -0.375 e. The van der Waals surface area contributed by atoms with Gasteiger partial charge >= 0.3 is 6.03 Å². The highest BCUT2D eigenvalue weighted by atomic mass is 16.5. The van der Waals surface area contributed by atoms with E-state index in [4.69, 9.17) is 4.74 Å². The average molecular weight is 327 g/mol. The smallest absolute Gasteiger partial charge is 0.323 e. The quantitative estimate of drug-likeness (QED) is 0.762. The van der Waals surface area contributed by atoms with Crippen molar-refractivity contribution in [3.63, 3.8) is 0 Å². The van der Waals surface area contributed by atoms with Crippen LogP contribution in [0.5, 0.6) is 0 Å². The molecule has 0 bridgehead atoms. The zero-order chi connectivity index (χ0) is 17.4. The summed E-state index contributed by atoms with van der Waals surface area (Å²) in [5.41, 5.74) is 2.33. The first-order valence-corrected chi connectivity index (χ1v) is 7.60. The van der Waals surface area contributed by atoms with E-state index in [0.29, 0.717) is 5.69 Å². The van der Waals surface area contributed by atoms with Crippen LogP contribution in [0.15, 0.2) is 54.6 Å². The van der Waals surface area contributed by atoms with Gasteiger partial charge in [-0.2, -0.15) is 0 Å². The molecule has 0 aromatic heterocycles. The number of anilines is 2.